The Morgan fingerprint density at radius 2 is 0.481 bits per heavy atom. The first-order valence-electron chi connectivity index (χ1n) is 35.8. The van der Waals surface area contributed by atoms with Crippen molar-refractivity contribution in [2.75, 3.05) is 13.2 Å². The standard InChI is InChI=1S/C75H136O6/c1-4-7-10-13-16-19-22-25-27-29-31-33-34-35-36-37-38-39-40-42-43-45-47-50-53-56-59-62-65-68-74(77)80-71-72(70-79-73(76)67-64-61-58-55-52-49-24-21-18-15-12-9-6-3)81-75(78)69-66-63-60-57-54-51-48-46-44-41-32-30-28-26-23-20-17-14-11-8-5-2/h9,12,18,21-22,25,29,31,49,52,72H,4-8,10-11,13-17,19-20,23-24,26-28,30,32-48,50-51,53-71H2,1-3H3/b12-9-,21-18-,25-22-,31-29-,52-49-. The fourth-order valence-corrected chi connectivity index (χ4v) is 10.7. The predicted molar refractivity (Wildman–Crippen MR) is 353 cm³/mol. The molecule has 0 aliphatic heterocycles. The van der Waals surface area contributed by atoms with Crippen LogP contribution in [-0.4, -0.2) is 37.2 Å². The summed E-state index contributed by atoms with van der Waals surface area (Å²) in [5.74, 6) is -0.885. The first-order chi connectivity index (χ1) is 40.0. The van der Waals surface area contributed by atoms with Gasteiger partial charge in [0.05, 0.1) is 0 Å². The maximum atomic E-state index is 12.9. The number of ether oxygens (including phenoxy) is 3. The molecule has 1 atom stereocenters. The summed E-state index contributed by atoms with van der Waals surface area (Å²) < 4.78 is 17.0. The van der Waals surface area contributed by atoms with Gasteiger partial charge in [-0.25, -0.2) is 0 Å². The van der Waals surface area contributed by atoms with E-state index < -0.39 is 6.10 Å². The van der Waals surface area contributed by atoms with Gasteiger partial charge in [0, 0.05) is 19.3 Å². The largest absolute Gasteiger partial charge is 0.462 e. The minimum atomic E-state index is -0.785. The van der Waals surface area contributed by atoms with Gasteiger partial charge >= 0.3 is 17.9 Å². The van der Waals surface area contributed by atoms with E-state index in [1.807, 2.05) is 0 Å². The fraction of sp³-hybridized carbons (Fsp3) is 0.827. The van der Waals surface area contributed by atoms with E-state index in [-0.39, 0.29) is 31.1 Å². The number of carbonyl (C=O) groups excluding carboxylic acids is 3. The van der Waals surface area contributed by atoms with Crippen LogP contribution in [0.15, 0.2) is 60.8 Å². The van der Waals surface area contributed by atoms with Crippen LogP contribution in [0.4, 0.5) is 0 Å². The molecule has 472 valence electrons. The van der Waals surface area contributed by atoms with Crippen molar-refractivity contribution in [3.63, 3.8) is 0 Å². The summed E-state index contributed by atoms with van der Waals surface area (Å²) in [6.45, 7) is 6.56. The van der Waals surface area contributed by atoms with Gasteiger partial charge in [0.15, 0.2) is 6.10 Å². The van der Waals surface area contributed by atoms with Crippen LogP contribution in [0.5, 0.6) is 0 Å². The van der Waals surface area contributed by atoms with Crippen LogP contribution >= 0.6 is 0 Å². The highest BCUT2D eigenvalue weighted by Gasteiger charge is 2.19. The molecule has 0 aromatic carbocycles. The Morgan fingerprint density at radius 3 is 0.765 bits per heavy atom. The molecule has 0 heterocycles. The highest BCUT2D eigenvalue weighted by atomic mass is 16.6. The lowest BCUT2D eigenvalue weighted by atomic mass is 10.0. The molecule has 0 radical (unpaired) electrons. The molecule has 0 fully saturated rings. The molecule has 6 heteroatoms. The van der Waals surface area contributed by atoms with E-state index >= 15 is 0 Å². The molecule has 0 saturated carbocycles. The van der Waals surface area contributed by atoms with Crippen molar-refractivity contribution in [2.45, 2.75) is 386 Å². The van der Waals surface area contributed by atoms with Gasteiger partial charge in [-0.2, -0.15) is 0 Å². The van der Waals surface area contributed by atoms with Crippen LogP contribution in [0, 0.1) is 0 Å². The average Bonchev–Trinajstić information content (AvgIpc) is 3.46. The van der Waals surface area contributed by atoms with Gasteiger partial charge in [-0.1, -0.05) is 338 Å². The molecule has 0 aromatic rings. The Hall–Kier alpha value is -2.89. The topological polar surface area (TPSA) is 78.9 Å². The number of rotatable bonds is 66. The number of allylic oxidation sites excluding steroid dienone is 10. The van der Waals surface area contributed by atoms with Gasteiger partial charge in [0.25, 0.3) is 0 Å². The molecule has 0 aliphatic carbocycles. The molecule has 6 nitrogen and oxygen atoms in total. The minimum absolute atomic E-state index is 0.0789. The zero-order valence-electron chi connectivity index (χ0n) is 54.3. The number of carbonyl (C=O) groups is 3. The second-order valence-electron chi connectivity index (χ2n) is 24.1. The zero-order valence-corrected chi connectivity index (χ0v) is 54.3. The molecule has 81 heavy (non-hydrogen) atoms. The Morgan fingerprint density at radius 1 is 0.259 bits per heavy atom. The van der Waals surface area contributed by atoms with Gasteiger partial charge < -0.3 is 14.2 Å². The van der Waals surface area contributed by atoms with Crippen molar-refractivity contribution in [2.24, 2.45) is 0 Å². The molecule has 1 unspecified atom stereocenters. The van der Waals surface area contributed by atoms with Crippen LogP contribution < -0.4 is 0 Å². The molecule has 0 rings (SSSR count). The first-order valence-corrected chi connectivity index (χ1v) is 35.8. The molecular formula is C75H136O6. The van der Waals surface area contributed by atoms with Gasteiger partial charge in [0.2, 0.25) is 0 Å². The molecule has 0 aliphatic rings. The molecule has 0 spiro atoms. The summed E-state index contributed by atoms with van der Waals surface area (Å²) >= 11 is 0. The van der Waals surface area contributed by atoms with Crippen molar-refractivity contribution in [3.8, 4) is 0 Å². The Labute approximate surface area is 504 Å². The van der Waals surface area contributed by atoms with E-state index in [4.69, 9.17) is 14.2 Å². The fourth-order valence-electron chi connectivity index (χ4n) is 10.7. The summed E-state index contributed by atoms with van der Waals surface area (Å²) in [6, 6.07) is 0. The van der Waals surface area contributed by atoms with E-state index in [1.165, 1.54) is 250 Å². The third kappa shape index (κ3) is 67.8. The lowest BCUT2D eigenvalue weighted by molar-refractivity contribution is -0.167. The summed E-state index contributed by atoms with van der Waals surface area (Å²) in [7, 11) is 0. The van der Waals surface area contributed by atoms with Crippen molar-refractivity contribution < 1.29 is 28.6 Å². The smallest absolute Gasteiger partial charge is 0.306 e. The Balaban J connectivity index is 4.21. The summed E-state index contributed by atoms with van der Waals surface area (Å²) in [6.07, 6.45) is 89.8. The molecule has 0 saturated heterocycles. The van der Waals surface area contributed by atoms with Crippen molar-refractivity contribution in [1.82, 2.24) is 0 Å². The lowest BCUT2D eigenvalue weighted by Crippen LogP contribution is -2.30. The zero-order chi connectivity index (χ0) is 58.5. The number of esters is 3. The van der Waals surface area contributed by atoms with Crippen LogP contribution in [0.1, 0.15) is 380 Å². The summed E-state index contributed by atoms with van der Waals surface area (Å²) in [5.41, 5.74) is 0. The van der Waals surface area contributed by atoms with Crippen molar-refractivity contribution in [1.29, 1.82) is 0 Å². The van der Waals surface area contributed by atoms with Crippen LogP contribution in [0.3, 0.4) is 0 Å². The van der Waals surface area contributed by atoms with Gasteiger partial charge in [-0.15, -0.1) is 0 Å². The van der Waals surface area contributed by atoms with Gasteiger partial charge in [-0.3, -0.25) is 14.4 Å². The summed E-state index contributed by atoms with van der Waals surface area (Å²) in [5, 5.41) is 0. The molecule has 0 N–H and O–H groups in total. The second-order valence-corrected chi connectivity index (χ2v) is 24.1. The third-order valence-electron chi connectivity index (χ3n) is 16.0. The maximum Gasteiger partial charge on any atom is 0.306 e. The monoisotopic (exact) mass is 1130 g/mol. The molecule has 0 bridgehead atoms. The normalized spacial score (nSPS) is 12.4. The lowest BCUT2D eigenvalue weighted by Gasteiger charge is -2.18. The van der Waals surface area contributed by atoms with Gasteiger partial charge in [0.1, 0.15) is 13.2 Å². The van der Waals surface area contributed by atoms with E-state index in [0.29, 0.717) is 19.3 Å². The molecular weight excluding hydrogens is 997 g/mol. The quantitative estimate of drug-likeness (QED) is 0.0261. The molecule has 0 aromatic heterocycles. The number of hydrogen-bond donors (Lipinski definition) is 0. The predicted octanol–water partition coefficient (Wildman–Crippen LogP) is 24.7. The van der Waals surface area contributed by atoms with Crippen LogP contribution in [-0.2, 0) is 28.6 Å². The maximum absolute atomic E-state index is 12.9. The Bertz CT molecular complexity index is 1440. The van der Waals surface area contributed by atoms with Crippen molar-refractivity contribution in [3.05, 3.63) is 60.8 Å². The van der Waals surface area contributed by atoms with Crippen LogP contribution in [0.25, 0.3) is 0 Å². The van der Waals surface area contributed by atoms with Gasteiger partial charge in [-0.05, 0) is 83.5 Å². The first kappa shape index (κ1) is 78.1. The molecule has 0 amide bonds. The van der Waals surface area contributed by atoms with E-state index in [9.17, 15) is 14.4 Å². The van der Waals surface area contributed by atoms with E-state index in [2.05, 4.69) is 81.5 Å². The second kappa shape index (κ2) is 69.6. The SMILES string of the molecule is CC/C=C\C/C=C\C/C=C\CCCCCC(=O)OCC(COC(=O)CCCCCCCCCCCCCCCCCCC/C=C\C/C=C\CCCCCCC)OC(=O)CCCCCCCCCCCCCCCCCCCCCCC. The Kier molecular flexibility index (Phi) is 67.1. The van der Waals surface area contributed by atoms with Crippen molar-refractivity contribution >= 4 is 17.9 Å². The summed E-state index contributed by atoms with van der Waals surface area (Å²) in [4.78, 5) is 38.4. The van der Waals surface area contributed by atoms with Crippen LogP contribution in [0.2, 0.25) is 0 Å². The van der Waals surface area contributed by atoms with E-state index in [1.54, 1.807) is 0 Å². The highest BCUT2D eigenvalue weighted by Crippen LogP contribution is 2.18. The number of hydrogen-bond acceptors (Lipinski definition) is 6. The van der Waals surface area contributed by atoms with E-state index in [0.717, 1.165) is 89.9 Å². The minimum Gasteiger partial charge on any atom is -0.462 e. The number of unbranched alkanes of at least 4 members (excludes halogenated alkanes) is 45. The highest BCUT2D eigenvalue weighted by molar-refractivity contribution is 5.71. The average molecular weight is 1130 g/mol. The third-order valence-corrected chi connectivity index (χ3v) is 16.0.